The van der Waals surface area contributed by atoms with Crippen molar-refractivity contribution >= 4 is 21.8 Å². The zero-order valence-electron chi connectivity index (χ0n) is 35.4. The summed E-state index contributed by atoms with van der Waals surface area (Å²) in [5, 5.41) is 2.14. The third-order valence-electron chi connectivity index (χ3n) is 9.71. The van der Waals surface area contributed by atoms with Gasteiger partial charge in [0.05, 0.1) is 16.5 Å². The fourth-order valence-electron chi connectivity index (χ4n) is 6.58. The number of hydrogen-bond donors (Lipinski definition) is 0. The van der Waals surface area contributed by atoms with E-state index >= 15 is 0 Å². The predicted octanol–water partition coefficient (Wildman–Crippen LogP) is 13.6. The molecule has 48 heavy (non-hydrogen) atoms. The van der Waals surface area contributed by atoms with Gasteiger partial charge in [-0.3, -0.25) is 0 Å². The van der Waals surface area contributed by atoms with Crippen LogP contribution in [0.25, 0.3) is 49.7 Å². The second kappa shape index (κ2) is 11.5. The smallest absolute Gasteiger partial charge is 0.0632 e. The lowest BCUT2D eigenvalue weighted by molar-refractivity contribution is 0.567. The van der Waals surface area contributed by atoms with Crippen LogP contribution in [0.4, 0.5) is 0 Å². The molecule has 5 aromatic carbocycles. The van der Waals surface area contributed by atoms with Gasteiger partial charge in [0, 0.05) is 16.5 Å². The van der Waals surface area contributed by atoms with E-state index in [-0.39, 0.29) is 45.8 Å². The summed E-state index contributed by atoms with van der Waals surface area (Å²) in [6.07, 6.45) is 0. The first-order chi connectivity index (χ1) is 23.9. The molecule has 0 unspecified atom stereocenters. The molecule has 6 rings (SSSR count). The van der Waals surface area contributed by atoms with Crippen LogP contribution < -0.4 is 0 Å². The van der Waals surface area contributed by atoms with Crippen LogP contribution in [0.5, 0.6) is 0 Å². The molecule has 0 spiro atoms. The minimum atomic E-state index is -0.144. The van der Waals surface area contributed by atoms with Gasteiger partial charge in [0.15, 0.2) is 0 Å². The van der Waals surface area contributed by atoms with Gasteiger partial charge in [0.2, 0.25) is 0 Å². The zero-order valence-corrected chi connectivity index (χ0v) is 31.4. The Hall–Kier alpha value is -4.10. The lowest BCUT2D eigenvalue weighted by atomic mass is 9.78. The van der Waals surface area contributed by atoms with E-state index < -0.39 is 0 Å². The third-order valence-corrected chi connectivity index (χ3v) is 9.71. The maximum atomic E-state index is 9.00. The van der Waals surface area contributed by atoms with Crippen LogP contribution in [-0.2, 0) is 21.7 Å². The van der Waals surface area contributed by atoms with Crippen molar-refractivity contribution in [1.29, 1.82) is 0 Å². The summed E-state index contributed by atoms with van der Waals surface area (Å²) in [7, 11) is 0. The van der Waals surface area contributed by atoms with E-state index in [2.05, 4.69) is 154 Å². The highest BCUT2D eigenvalue weighted by Crippen LogP contribution is 2.43. The summed E-state index contributed by atoms with van der Waals surface area (Å²) in [5.74, 6) is 0. The topological polar surface area (TPSA) is 4.93 Å². The van der Waals surface area contributed by atoms with Crippen molar-refractivity contribution in [2.45, 2.75) is 112 Å². The van der Waals surface area contributed by atoms with Crippen LogP contribution in [0.15, 0.2) is 97.0 Å². The normalized spacial score (nSPS) is 14.3. The van der Waals surface area contributed by atoms with Crippen molar-refractivity contribution < 1.29 is 5.48 Å². The molecule has 248 valence electrons. The van der Waals surface area contributed by atoms with E-state index in [0.29, 0.717) is 16.7 Å². The monoisotopic (exact) mass is 637 g/mol. The van der Waals surface area contributed by atoms with E-state index in [1.54, 1.807) is 6.92 Å². The van der Waals surface area contributed by atoms with E-state index in [1.807, 2.05) is 6.07 Å². The van der Waals surface area contributed by atoms with Gasteiger partial charge in [0.25, 0.3) is 0 Å². The first kappa shape index (κ1) is 28.9. The van der Waals surface area contributed by atoms with Gasteiger partial charge in [-0.2, -0.15) is 0 Å². The minimum absolute atomic E-state index is 0.0489. The molecule has 1 heterocycles. The maximum absolute atomic E-state index is 9.00. The Balaban J connectivity index is 1.80. The predicted molar refractivity (Wildman–Crippen MR) is 211 cm³/mol. The molecule has 0 N–H and O–H groups in total. The highest BCUT2D eigenvalue weighted by molar-refractivity contribution is 6.16. The lowest BCUT2D eigenvalue weighted by Crippen LogP contribution is -2.17. The molecule has 0 aliphatic rings. The second-order valence-electron chi connectivity index (χ2n) is 17.8. The second-order valence-corrected chi connectivity index (χ2v) is 17.8. The fourth-order valence-corrected chi connectivity index (χ4v) is 6.58. The Bertz CT molecular complexity index is 2290. The molecule has 0 bridgehead atoms. The van der Waals surface area contributed by atoms with Crippen molar-refractivity contribution in [3.63, 3.8) is 0 Å². The van der Waals surface area contributed by atoms with E-state index in [0.717, 1.165) is 38.6 Å². The number of hydrogen-bond acceptors (Lipinski definition) is 0. The summed E-state index contributed by atoms with van der Waals surface area (Å²) in [4.78, 5) is 0. The number of aromatic nitrogens is 1. The molecule has 0 fully saturated rings. The van der Waals surface area contributed by atoms with Gasteiger partial charge in [-0.15, -0.1) is 0 Å². The largest absolute Gasteiger partial charge is 0.309 e. The Kier molecular flexibility index (Phi) is 6.92. The first-order valence-corrected chi connectivity index (χ1v) is 17.4. The van der Waals surface area contributed by atoms with Crippen molar-refractivity contribution in [2.24, 2.45) is 0 Å². The summed E-state index contributed by atoms with van der Waals surface area (Å²) in [5.41, 5.74) is 12.0. The molecule has 0 radical (unpaired) electrons. The Morgan fingerprint density at radius 2 is 1.06 bits per heavy atom. The molecular formula is C47H55N. The molecule has 6 aromatic rings. The van der Waals surface area contributed by atoms with Crippen LogP contribution in [0.2, 0.25) is 0 Å². The summed E-state index contributed by atoms with van der Waals surface area (Å²) in [6, 6.07) is 26.8. The van der Waals surface area contributed by atoms with Crippen LogP contribution in [0, 0.1) is 6.92 Å². The molecule has 0 aliphatic heterocycles. The summed E-state index contributed by atoms with van der Waals surface area (Å²) in [6.45, 7) is 29.0. The number of rotatable bonds is 3. The first-order valence-electron chi connectivity index (χ1n) is 19.4. The van der Waals surface area contributed by atoms with Gasteiger partial charge in [0.1, 0.15) is 0 Å². The molecular weight excluding hydrogens is 579 g/mol. The summed E-state index contributed by atoms with van der Waals surface area (Å²) < 4.78 is 37.2. The van der Waals surface area contributed by atoms with Gasteiger partial charge in [-0.1, -0.05) is 155 Å². The number of fused-ring (bicyclic) bond motifs is 3. The molecule has 0 aliphatic carbocycles. The van der Waals surface area contributed by atoms with Crippen molar-refractivity contribution in [1.82, 2.24) is 4.57 Å². The van der Waals surface area contributed by atoms with Gasteiger partial charge < -0.3 is 4.57 Å². The van der Waals surface area contributed by atoms with Gasteiger partial charge >= 0.3 is 0 Å². The molecule has 1 aromatic heterocycles. The van der Waals surface area contributed by atoms with Crippen LogP contribution in [-0.4, -0.2) is 4.57 Å². The highest BCUT2D eigenvalue weighted by atomic mass is 15.0. The standard InChI is InChI=1S/C47H55N/c1-30-16-14-17-31(22-30)32-20-21-41-40(25-32)43-39(33-23-34(44(2,3)4)26-35(24-33)45(5,6)7)18-15-19-42(43)48(41)38-28-36(46(8,9)10)27-37(29-38)47(11,12)13/h14-29H,1-13H3/i14D,16D,17D,22D. The fraction of sp³-hybridized carbons (Fsp3) is 0.362. The van der Waals surface area contributed by atoms with Crippen LogP contribution in [0.3, 0.4) is 0 Å². The van der Waals surface area contributed by atoms with E-state index in [9.17, 15) is 0 Å². The van der Waals surface area contributed by atoms with Crippen molar-refractivity contribution in [2.75, 3.05) is 0 Å². The molecule has 0 saturated carbocycles. The number of benzene rings is 5. The van der Waals surface area contributed by atoms with Crippen LogP contribution >= 0.6 is 0 Å². The SMILES string of the molecule is [2H]c1c([2H])c(C)c([2H])c(-c2ccc3c(c2)c2c(-c4cc(C(C)(C)C)cc(C(C)(C)C)c4)cccc2n3-c2cc(C(C)(C)C)cc(C(C)(C)C)c2)c1[2H]. The minimum Gasteiger partial charge on any atom is -0.309 e. The molecule has 0 atom stereocenters. The quantitative estimate of drug-likeness (QED) is 0.182. The Labute approximate surface area is 295 Å². The van der Waals surface area contributed by atoms with E-state index in [1.165, 1.54) is 22.3 Å². The third kappa shape index (κ3) is 6.37. The number of nitrogens with zero attached hydrogens (tertiary/aromatic N) is 1. The van der Waals surface area contributed by atoms with Gasteiger partial charge in [-0.05, 0) is 103 Å². The maximum Gasteiger partial charge on any atom is 0.0632 e. The molecule has 0 saturated heterocycles. The molecule has 1 nitrogen and oxygen atoms in total. The highest BCUT2D eigenvalue weighted by Gasteiger charge is 2.25. The van der Waals surface area contributed by atoms with Crippen LogP contribution in [0.1, 0.15) is 116 Å². The summed E-state index contributed by atoms with van der Waals surface area (Å²) >= 11 is 0. The van der Waals surface area contributed by atoms with E-state index in [4.69, 9.17) is 5.48 Å². The Morgan fingerprint density at radius 3 is 1.60 bits per heavy atom. The average Bonchev–Trinajstić information content (AvgIpc) is 3.38. The Morgan fingerprint density at radius 1 is 0.521 bits per heavy atom. The zero-order chi connectivity index (χ0) is 38.5. The van der Waals surface area contributed by atoms with Crippen molar-refractivity contribution in [3.05, 3.63) is 125 Å². The van der Waals surface area contributed by atoms with Gasteiger partial charge in [-0.25, -0.2) is 0 Å². The van der Waals surface area contributed by atoms with Crippen molar-refractivity contribution in [3.8, 4) is 27.9 Å². The molecule has 0 amide bonds. The molecule has 1 heteroatoms. The lowest BCUT2D eigenvalue weighted by Gasteiger charge is -2.27. The average molecular weight is 638 g/mol.